The first-order chi connectivity index (χ1) is 18.2. The monoisotopic (exact) mass is 636 g/mol. The number of aromatic nitrogens is 2. The maximum Gasteiger partial charge on any atom is 0.282 e. The maximum atomic E-state index is 13.7. The summed E-state index contributed by atoms with van der Waals surface area (Å²) in [6, 6.07) is 16.9. The molecule has 0 aliphatic rings. The largest absolute Gasteiger partial charge is 0.494 e. The lowest BCUT2D eigenvalue weighted by Crippen LogP contribution is -2.21. The van der Waals surface area contributed by atoms with Crippen molar-refractivity contribution in [1.29, 1.82) is 5.26 Å². The summed E-state index contributed by atoms with van der Waals surface area (Å²) < 4.78 is 14.0. The number of aryl methyl sites for hydroxylation is 1. The number of rotatable bonds is 8. The molecule has 9 heteroatoms. The number of fused-ring (bicyclic) bond motifs is 1. The third kappa shape index (κ3) is 5.66. The van der Waals surface area contributed by atoms with Crippen molar-refractivity contribution in [3.63, 3.8) is 0 Å². The Hall–Kier alpha value is -3.48. The Labute approximate surface area is 238 Å². The molecule has 0 unspecified atom stereocenters. The molecule has 1 aromatic heterocycles. The van der Waals surface area contributed by atoms with Gasteiger partial charge in [0.15, 0.2) is 12.4 Å². The highest BCUT2D eigenvalue weighted by Gasteiger charge is 2.18. The van der Waals surface area contributed by atoms with Crippen molar-refractivity contribution >= 4 is 49.0 Å². The van der Waals surface area contributed by atoms with Gasteiger partial charge in [-0.25, -0.2) is 4.98 Å². The van der Waals surface area contributed by atoms with Crippen molar-refractivity contribution < 1.29 is 9.47 Å². The van der Waals surface area contributed by atoms with E-state index in [0.717, 1.165) is 22.4 Å². The number of hydrogen-bond acceptors (Lipinski definition) is 6. The van der Waals surface area contributed by atoms with Crippen LogP contribution in [-0.4, -0.2) is 29.1 Å². The van der Waals surface area contributed by atoms with Gasteiger partial charge in [0.2, 0.25) is 0 Å². The lowest BCUT2D eigenvalue weighted by Gasteiger charge is -2.18. The van der Waals surface area contributed by atoms with Crippen LogP contribution >= 0.6 is 31.9 Å². The molecule has 0 amide bonds. The number of para-hydroxylation sites is 1. The SMILES string of the molecule is CCOc1cc(C)c(-c2nc3ccccc3c(=O)n2N=Cc2cc(Br)c(OCC#N)c(Br)c2)cc1C(C)C. The van der Waals surface area contributed by atoms with Crippen molar-refractivity contribution in [1.82, 2.24) is 9.66 Å². The predicted octanol–water partition coefficient (Wildman–Crippen LogP) is 7.20. The van der Waals surface area contributed by atoms with Crippen molar-refractivity contribution in [3.8, 4) is 29.0 Å². The van der Waals surface area contributed by atoms with Gasteiger partial charge in [0, 0.05) is 5.56 Å². The van der Waals surface area contributed by atoms with Crippen LogP contribution in [0.25, 0.3) is 22.3 Å². The molecule has 0 radical (unpaired) electrons. The molecule has 7 nitrogen and oxygen atoms in total. The third-order valence-electron chi connectivity index (χ3n) is 5.90. The van der Waals surface area contributed by atoms with E-state index in [0.29, 0.717) is 43.6 Å². The summed E-state index contributed by atoms with van der Waals surface area (Å²) in [7, 11) is 0. The van der Waals surface area contributed by atoms with Crippen LogP contribution in [0.2, 0.25) is 0 Å². The number of ether oxygens (including phenoxy) is 2. The normalized spacial score (nSPS) is 11.3. The first-order valence-electron chi connectivity index (χ1n) is 12.1. The molecule has 0 bridgehead atoms. The second-order valence-corrected chi connectivity index (χ2v) is 10.6. The molecule has 4 rings (SSSR count). The van der Waals surface area contributed by atoms with Crippen LogP contribution in [0.1, 0.15) is 43.4 Å². The van der Waals surface area contributed by atoms with E-state index in [2.05, 4.69) is 50.8 Å². The highest BCUT2D eigenvalue weighted by molar-refractivity contribution is 9.11. The van der Waals surface area contributed by atoms with E-state index >= 15 is 0 Å². The van der Waals surface area contributed by atoms with Gasteiger partial charge in [-0.1, -0.05) is 26.0 Å². The van der Waals surface area contributed by atoms with Gasteiger partial charge in [-0.3, -0.25) is 4.79 Å². The highest BCUT2D eigenvalue weighted by Crippen LogP contribution is 2.35. The minimum Gasteiger partial charge on any atom is -0.494 e. The van der Waals surface area contributed by atoms with E-state index < -0.39 is 0 Å². The zero-order chi connectivity index (χ0) is 27.4. The number of nitriles is 1. The van der Waals surface area contributed by atoms with Gasteiger partial charge >= 0.3 is 0 Å². The first kappa shape index (κ1) is 27.6. The molecule has 0 saturated heterocycles. The summed E-state index contributed by atoms with van der Waals surface area (Å²) >= 11 is 6.97. The van der Waals surface area contributed by atoms with Gasteiger partial charge in [-0.05, 0) is 105 Å². The molecule has 3 aromatic carbocycles. The second kappa shape index (κ2) is 11.9. The first-order valence-corrected chi connectivity index (χ1v) is 13.7. The molecule has 0 saturated carbocycles. The van der Waals surface area contributed by atoms with Crippen molar-refractivity contribution in [3.05, 3.63) is 84.5 Å². The molecule has 194 valence electrons. The van der Waals surface area contributed by atoms with Crippen molar-refractivity contribution in [2.24, 2.45) is 5.10 Å². The van der Waals surface area contributed by atoms with Crippen LogP contribution in [0.15, 0.2) is 67.4 Å². The number of benzene rings is 3. The van der Waals surface area contributed by atoms with Gasteiger partial charge in [-0.2, -0.15) is 15.0 Å². The summed E-state index contributed by atoms with van der Waals surface area (Å²) in [4.78, 5) is 18.5. The molecule has 0 atom stereocenters. The third-order valence-corrected chi connectivity index (χ3v) is 7.08. The lowest BCUT2D eigenvalue weighted by molar-refractivity contribution is 0.335. The van der Waals surface area contributed by atoms with Crippen LogP contribution in [0, 0.1) is 18.3 Å². The fourth-order valence-corrected chi connectivity index (χ4v) is 5.55. The Morgan fingerprint density at radius 2 is 1.84 bits per heavy atom. The molecular formula is C29H26Br2N4O3. The van der Waals surface area contributed by atoms with Gasteiger partial charge in [0.1, 0.15) is 17.6 Å². The van der Waals surface area contributed by atoms with Crippen LogP contribution in [0.4, 0.5) is 0 Å². The van der Waals surface area contributed by atoms with Gasteiger partial charge in [0.25, 0.3) is 5.56 Å². The zero-order valence-electron chi connectivity index (χ0n) is 21.5. The van der Waals surface area contributed by atoms with Crippen molar-refractivity contribution in [2.45, 2.75) is 33.6 Å². The summed E-state index contributed by atoms with van der Waals surface area (Å²) in [5.41, 5.74) is 3.81. The van der Waals surface area contributed by atoms with Gasteiger partial charge in [0.05, 0.1) is 32.7 Å². The Bertz CT molecular complexity index is 1610. The van der Waals surface area contributed by atoms with Crippen LogP contribution in [0.5, 0.6) is 11.5 Å². The summed E-state index contributed by atoms with van der Waals surface area (Å²) in [5, 5.41) is 13.9. The molecule has 0 spiro atoms. The molecule has 38 heavy (non-hydrogen) atoms. The van der Waals surface area contributed by atoms with Crippen LogP contribution < -0.4 is 15.0 Å². The summed E-state index contributed by atoms with van der Waals surface area (Å²) in [5.74, 6) is 1.99. The van der Waals surface area contributed by atoms with E-state index in [1.165, 1.54) is 4.68 Å². The number of halogens is 2. The number of hydrogen-bond donors (Lipinski definition) is 0. The standard InChI is InChI=1S/C29H26Br2N4O3/c1-5-37-26-12-18(4)22(15-21(26)17(2)3)28-34-25-9-7-6-8-20(25)29(36)35(28)33-16-19-13-23(30)27(24(31)14-19)38-11-10-32/h6-9,12-17H,5,11H2,1-4H3. The van der Waals surface area contributed by atoms with Crippen LogP contribution in [-0.2, 0) is 0 Å². The predicted molar refractivity (Wildman–Crippen MR) is 157 cm³/mol. The molecule has 1 heterocycles. The average Bonchev–Trinajstić information content (AvgIpc) is 2.88. The fourth-order valence-electron chi connectivity index (χ4n) is 4.10. The summed E-state index contributed by atoms with van der Waals surface area (Å²) in [6.07, 6.45) is 1.60. The second-order valence-electron chi connectivity index (χ2n) is 8.87. The van der Waals surface area contributed by atoms with E-state index in [1.54, 1.807) is 24.4 Å². The highest BCUT2D eigenvalue weighted by atomic mass is 79.9. The Morgan fingerprint density at radius 3 is 2.50 bits per heavy atom. The zero-order valence-corrected chi connectivity index (χ0v) is 24.6. The average molecular weight is 638 g/mol. The molecule has 4 aromatic rings. The van der Waals surface area contributed by atoms with Gasteiger partial charge in [-0.15, -0.1) is 0 Å². The smallest absolute Gasteiger partial charge is 0.282 e. The Balaban J connectivity index is 1.91. The van der Waals surface area contributed by atoms with Crippen molar-refractivity contribution in [2.75, 3.05) is 13.2 Å². The van der Waals surface area contributed by atoms with E-state index in [9.17, 15) is 4.79 Å². The van der Waals surface area contributed by atoms with E-state index in [-0.39, 0.29) is 18.1 Å². The summed E-state index contributed by atoms with van der Waals surface area (Å²) in [6.45, 7) is 8.64. The molecular weight excluding hydrogens is 612 g/mol. The quantitative estimate of drug-likeness (QED) is 0.191. The van der Waals surface area contributed by atoms with Gasteiger partial charge < -0.3 is 9.47 Å². The topological polar surface area (TPSA) is 89.5 Å². The molecule has 0 aliphatic carbocycles. The maximum absolute atomic E-state index is 13.7. The Morgan fingerprint density at radius 1 is 1.13 bits per heavy atom. The molecule has 0 aliphatic heterocycles. The minimum absolute atomic E-state index is 0.0774. The minimum atomic E-state index is -0.270. The fraction of sp³-hybridized carbons (Fsp3) is 0.241. The van der Waals surface area contributed by atoms with E-state index in [1.807, 2.05) is 50.2 Å². The molecule has 0 N–H and O–H groups in total. The lowest BCUT2D eigenvalue weighted by atomic mass is 9.96. The molecule has 0 fully saturated rings. The van der Waals surface area contributed by atoms with Crippen LogP contribution in [0.3, 0.4) is 0 Å². The number of nitrogens with zero attached hydrogens (tertiary/aromatic N) is 4. The van der Waals surface area contributed by atoms with E-state index in [4.69, 9.17) is 19.7 Å². The Kier molecular flexibility index (Phi) is 8.65.